The molecule has 0 saturated carbocycles. The summed E-state index contributed by atoms with van der Waals surface area (Å²) in [5.41, 5.74) is 8.19. The van der Waals surface area contributed by atoms with Gasteiger partial charge in [-0.3, -0.25) is 9.59 Å². The van der Waals surface area contributed by atoms with Crippen molar-refractivity contribution in [1.82, 2.24) is 0 Å². The molecule has 148 valence electrons. The summed E-state index contributed by atoms with van der Waals surface area (Å²) >= 11 is 0. The highest BCUT2D eigenvalue weighted by atomic mass is 16.5. The summed E-state index contributed by atoms with van der Waals surface area (Å²) in [7, 11) is 0. The number of nitrogens with two attached hydrogens (primary N) is 1. The fourth-order valence-corrected chi connectivity index (χ4v) is 3.62. The Morgan fingerprint density at radius 2 is 1.77 bits per heavy atom. The van der Waals surface area contributed by atoms with Gasteiger partial charge in [-0.05, 0) is 54.1 Å². The summed E-state index contributed by atoms with van der Waals surface area (Å²) in [6.45, 7) is 0.525. The molecule has 2 amide bonds. The third-order valence-electron chi connectivity index (χ3n) is 5.13. The molecule has 1 heterocycles. The van der Waals surface area contributed by atoms with E-state index in [1.165, 1.54) is 0 Å². The molecule has 1 atom stereocenters. The van der Waals surface area contributed by atoms with Crippen LogP contribution in [0.25, 0.3) is 0 Å². The first kappa shape index (κ1) is 19.3. The Balaban J connectivity index is 1.53. The Kier molecular flexibility index (Phi) is 5.23. The Bertz CT molecular complexity index is 1160. The van der Waals surface area contributed by atoms with E-state index >= 15 is 0 Å². The molecule has 0 aromatic heterocycles. The first-order chi connectivity index (χ1) is 14.5. The molecule has 1 fully saturated rings. The minimum atomic E-state index is -0.515. The monoisotopic (exact) mass is 396 g/mol. The smallest absolute Gasteiger partial charge is 0.248 e. The molecular formula is C25H20N2O3. The predicted octanol–water partition coefficient (Wildman–Crippen LogP) is 4.08. The van der Waals surface area contributed by atoms with E-state index < -0.39 is 5.91 Å². The van der Waals surface area contributed by atoms with Crippen LogP contribution in [0.1, 0.15) is 33.8 Å². The van der Waals surface area contributed by atoms with E-state index in [2.05, 4.69) is 5.92 Å². The fourth-order valence-electron chi connectivity index (χ4n) is 3.62. The van der Waals surface area contributed by atoms with Crippen LogP contribution in [0.5, 0.6) is 11.5 Å². The minimum absolute atomic E-state index is 0.00895. The highest BCUT2D eigenvalue weighted by molar-refractivity contribution is 5.99. The van der Waals surface area contributed by atoms with Gasteiger partial charge in [0, 0.05) is 35.7 Å². The Labute approximate surface area is 175 Å². The van der Waals surface area contributed by atoms with Gasteiger partial charge < -0.3 is 15.4 Å². The van der Waals surface area contributed by atoms with Crippen LogP contribution in [0.15, 0.2) is 72.8 Å². The number of ether oxygens (including phenoxy) is 1. The molecule has 5 nitrogen and oxygen atoms in total. The number of primary amides is 1. The van der Waals surface area contributed by atoms with Crippen molar-refractivity contribution < 1.29 is 14.3 Å². The van der Waals surface area contributed by atoms with Crippen molar-refractivity contribution in [3.63, 3.8) is 0 Å². The molecule has 0 radical (unpaired) electrons. The summed E-state index contributed by atoms with van der Waals surface area (Å²) in [5.74, 6) is 3.46. The average molecular weight is 396 g/mol. The van der Waals surface area contributed by atoms with Crippen LogP contribution in [0.4, 0.5) is 5.69 Å². The number of nitrogens with zero attached hydrogens (tertiary/aromatic N) is 1. The number of rotatable bonds is 5. The highest BCUT2D eigenvalue weighted by Crippen LogP contribution is 2.34. The molecule has 1 aliphatic rings. The van der Waals surface area contributed by atoms with E-state index in [9.17, 15) is 9.59 Å². The van der Waals surface area contributed by atoms with Gasteiger partial charge in [-0.15, -0.1) is 6.42 Å². The lowest BCUT2D eigenvalue weighted by Crippen LogP contribution is -2.24. The molecule has 1 unspecified atom stereocenters. The molecule has 4 rings (SSSR count). The van der Waals surface area contributed by atoms with Gasteiger partial charge in [0.05, 0.1) is 0 Å². The van der Waals surface area contributed by atoms with Crippen LogP contribution in [0.3, 0.4) is 0 Å². The third kappa shape index (κ3) is 4.03. The summed E-state index contributed by atoms with van der Waals surface area (Å²) in [5, 5.41) is 0. The first-order valence-electron chi connectivity index (χ1n) is 9.58. The van der Waals surface area contributed by atoms with Gasteiger partial charge in [-0.2, -0.15) is 0 Å². The molecule has 0 bridgehead atoms. The maximum absolute atomic E-state index is 12.6. The van der Waals surface area contributed by atoms with E-state index in [0.717, 1.165) is 11.1 Å². The molecule has 0 aliphatic carbocycles. The van der Waals surface area contributed by atoms with Crippen LogP contribution in [-0.4, -0.2) is 18.4 Å². The zero-order chi connectivity index (χ0) is 21.1. The molecule has 1 aliphatic heterocycles. The Morgan fingerprint density at radius 1 is 1.03 bits per heavy atom. The summed E-state index contributed by atoms with van der Waals surface area (Å²) in [4.78, 5) is 25.8. The van der Waals surface area contributed by atoms with Gasteiger partial charge in [0.25, 0.3) is 0 Å². The molecule has 2 N–H and O–H groups in total. The summed E-state index contributed by atoms with van der Waals surface area (Å²) < 4.78 is 5.96. The maximum Gasteiger partial charge on any atom is 0.248 e. The molecule has 1 saturated heterocycles. The number of terminal acetylenes is 1. The van der Waals surface area contributed by atoms with Crippen molar-refractivity contribution >= 4 is 17.5 Å². The normalized spacial score (nSPS) is 15.6. The van der Waals surface area contributed by atoms with Gasteiger partial charge >= 0.3 is 0 Å². The van der Waals surface area contributed by atoms with Crippen molar-refractivity contribution in [3.8, 4) is 23.8 Å². The number of hydrogen-bond donors (Lipinski definition) is 1. The average Bonchev–Trinajstić information content (AvgIpc) is 3.16. The number of carbonyl (C=O) groups is 2. The zero-order valence-corrected chi connectivity index (χ0v) is 16.2. The number of carbonyl (C=O) groups excluding carboxylic acids is 2. The second-order valence-corrected chi connectivity index (χ2v) is 7.17. The van der Waals surface area contributed by atoms with Crippen molar-refractivity contribution in [3.05, 3.63) is 89.5 Å². The van der Waals surface area contributed by atoms with Gasteiger partial charge in [0.1, 0.15) is 11.5 Å². The lowest BCUT2D eigenvalue weighted by molar-refractivity contribution is -0.117. The Hall–Kier alpha value is -4.04. The fraction of sp³-hybridized carbons (Fsp3) is 0.120. The molecule has 3 aromatic carbocycles. The second kappa shape index (κ2) is 8.14. The molecule has 3 aromatic rings. The van der Waals surface area contributed by atoms with Gasteiger partial charge in [0.2, 0.25) is 11.8 Å². The van der Waals surface area contributed by atoms with E-state index in [1.807, 2.05) is 48.5 Å². The first-order valence-corrected chi connectivity index (χ1v) is 9.58. The third-order valence-corrected chi connectivity index (χ3v) is 5.13. The molecular weight excluding hydrogens is 376 g/mol. The van der Waals surface area contributed by atoms with Crippen LogP contribution in [0, 0.1) is 12.3 Å². The van der Waals surface area contributed by atoms with Crippen LogP contribution in [0.2, 0.25) is 0 Å². The number of hydrogen-bond acceptors (Lipinski definition) is 3. The lowest BCUT2D eigenvalue weighted by Gasteiger charge is -2.18. The SMILES string of the molecule is C#Cc1cccc(Oc2cccc(C3CC(=O)N(c4cccc(C(N)=O)c4)C3)c2)c1. The Morgan fingerprint density at radius 3 is 2.53 bits per heavy atom. The summed E-state index contributed by atoms with van der Waals surface area (Å²) in [6, 6.07) is 21.9. The van der Waals surface area contributed by atoms with Crippen molar-refractivity contribution in [2.24, 2.45) is 5.73 Å². The predicted molar refractivity (Wildman–Crippen MR) is 116 cm³/mol. The number of amides is 2. The van der Waals surface area contributed by atoms with E-state index in [0.29, 0.717) is 35.7 Å². The number of benzene rings is 3. The zero-order valence-electron chi connectivity index (χ0n) is 16.2. The number of anilines is 1. The lowest BCUT2D eigenvalue weighted by atomic mass is 9.98. The molecule has 30 heavy (non-hydrogen) atoms. The van der Waals surface area contributed by atoms with E-state index in [1.54, 1.807) is 29.2 Å². The standard InChI is InChI=1S/C25H20N2O3/c1-2-17-6-3-10-22(12-17)30-23-11-5-7-18(14-23)20-15-24(28)27(16-20)21-9-4-8-19(13-21)25(26)29/h1,3-14,20H,15-16H2,(H2,26,29). The van der Waals surface area contributed by atoms with Crippen molar-refractivity contribution in [2.75, 3.05) is 11.4 Å². The van der Waals surface area contributed by atoms with Crippen molar-refractivity contribution in [2.45, 2.75) is 12.3 Å². The van der Waals surface area contributed by atoms with E-state index in [-0.39, 0.29) is 11.8 Å². The quantitative estimate of drug-likeness (QED) is 0.661. The largest absolute Gasteiger partial charge is 0.457 e. The van der Waals surface area contributed by atoms with Gasteiger partial charge in [-0.25, -0.2) is 0 Å². The van der Waals surface area contributed by atoms with Crippen LogP contribution in [-0.2, 0) is 4.79 Å². The van der Waals surface area contributed by atoms with Gasteiger partial charge in [-0.1, -0.05) is 30.2 Å². The highest BCUT2D eigenvalue weighted by Gasteiger charge is 2.32. The maximum atomic E-state index is 12.6. The van der Waals surface area contributed by atoms with Crippen molar-refractivity contribution in [1.29, 1.82) is 0 Å². The van der Waals surface area contributed by atoms with Crippen LogP contribution >= 0.6 is 0 Å². The topological polar surface area (TPSA) is 72.6 Å². The van der Waals surface area contributed by atoms with E-state index in [4.69, 9.17) is 16.9 Å². The van der Waals surface area contributed by atoms with Crippen LogP contribution < -0.4 is 15.4 Å². The summed E-state index contributed by atoms with van der Waals surface area (Å²) in [6.07, 6.45) is 5.84. The molecule has 0 spiro atoms. The second-order valence-electron chi connectivity index (χ2n) is 7.17. The van der Waals surface area contributed by atoms with Gasteiger partial charge in [0.15, 0.2) is 0 Å². The molecule has 5 heteroatoms. The minimum Gasteiger partial charge on any atom is -0.457 e.